The van der Waals surface area contributed by atoms with Crippen LogP contribution in [-0.4, -0.2) is 30.8 Å². The Bertz CT molecular complexity index is 472. The molecular weight excluding hydrogens is 270 g/mol. The Morgan fingerprint density at radius 2 is 2.00 bits per heavy atom. The van der Waals surface area contributed by atoms with Crippen molar-refractivity contribution in [2.75, 3.05) is 26.0 Å². The van der Waals surface area contributed by atoms with E-state index in [-0.39, 0.29) is 4.75 Å². The zero-order valence-corrected chi connectivity index (χ0v) is 13.1. The van der Waals surface area contributed by atoms with Crippen LogP contribution in [0, 0.1) is 0 Å². The van der Waals surface area contributed by atoms with E-state index in [9.17, 15) is 0 Å². The van der Waals surface area contributed by atoms with Crippen LogP contribution in [0.25, 0.3) is 0 Å². The van der Waals surface area contributed by atoms with Crippen LogP contribution in [0.2, 0.25) is 0 Å². The third-order valence-corrected chi connectivity index (χ3v) is 5.85. The molecule has 2 atom stereocenters. The number of nitrogens with one attached hydrogen (secondary N) is 1. The minimum Gasteiger partial charge on any atom is -0.490 e. The van der Waals surface area contributed by atoms with Crippen LogP contribution in [0.5, 0.6) is 11.5 Å². The van der Waals surface area contributed by atoms with Crippen molar-refractivity contribution < 1.29 is 9.47 Å². The molecule has 20 heavy (non-hydrogen) atoms. The molecule has 1 aromatic carbocycles. The average Bonchev–Trinajstić information content (AvgIpc) is 2.75. The zero-order valence-electron chi connectivity index (χ0n) is 12.3. The van der Waals surface area contributed by atoms with Gasteiger partial charge in [-0.15, -0.1) is 0 Å². The first kappa shape index (κ1) is 14.1. The van der Waals surface area contributed by atoms with E-state index in [1.54, 1.807) is 0 Å². The van der Waals surface area contributed by atoms with Crippen LogP contribution in [0.3, 0.4) is 0 Å². The van der Waals surface area contributed by atoms with Crippen molar-refractivity contribution in [3.63, 3.8) is 0 Å². The van der Waals surface area contributed by atoms with Crippen molar-refractivity contribution in [3.8, 4) is 11.5 Å². The lowest BCUT2D eigenvalue weighted by atomic mass is 9.90. The van der Waals surface area contributed by atoms with Gasteiger partial charge in [-0.25, -0.2) is 0 Å². The van der Waals surface area contributed by atoms with Crippen molar-refractivity contribution in [1.29, 1.82) is 0 Å². The molecule has 4 heteroatoms. The normalized spacial score (nSPS) is 27.1. The van der Waals surface area contributed by atoms with Gasteiger partial charge >= 0.3 is 0 Å². The summed E-state index contributed by atoms with van der Waals surface area (Å²) >= 11 is 2.08. The molecule has 2 aliphatic rings. The van der Waals surface area contributed by atoms with Gasteiger partial charge in [0, 0.05) is 17.2 Å². The average molecular weight is 293 g/mol. The Morgan fingerprint density at radius 3 is 2.70 bits per heavy atom. The van der Waals surface area contributed by atoms with Crippen molar-refractivity contribution in [2.45, 2.75) is 37.0 Å². The summed E-state index contributed by atoms with van der Waals surface area (Å²) in [5, 5.41) is 3.51. The molecule has 1 N–H and O–H groups in total. The molecule has 0 amide bonds. The van der Waals surface area contributed by atoms with Crippen molar-refractivity contribution in [3.05, 3.63) is 23.8 Å². The molecule has 1 saturated heterocycles. The Kier molecular flexibility index (Phi) is 4.13. The molecule has 0 bridgehead atoms. The van der Waals surface area contributed by atoms with Gasteiger partial charge in [-0.05, 0) is 50.3 Å². The van der Waals surface area contributed by atoms with Crippen molar-refractivity contribution in [2.24, 2.45) is 0 Å². The summed E-state index contributed by atoms with van der Waals surface area (Å²) in [6.07, 6.45) is 3.52. The van der Waals surface area contributed by atoms with Gasteiger partial charge in [0.2, 0.25) is 0 Å². The Balaban J connectivity index is 1.90. The van der Waals surface area contributed by atoms with E-state index in [4.69, 9.17) is 9.47 Å². The van der Waals surface area contributed by atoms with Gasteiger partial charge < -0.3 is 14.8 Å². The van der Waals surface area contributed by atoms with Gasteiger partial charge in [0.25, 0.3) is 0 Å². The number of rotatable bonds is 3. The largest absolute Gasteiger partial charge is 0.490 e. The quantitative estimate of drug-likeness (QED) is 0.925. The van der Waals surface area contributed by atoms with E-state index in [0.29, 0.717) is 6.04 Å². The van der Waals surface area contributed by atoms with Gasteiger partial charge in [-0.2, -0.15) is 11.8 Å². The summed E-state index contributed by atoms with van der Waals surface area (Å²) in [6, 6.07) is 6.75. The maximum atomic E-state index is 5.82. The van der Waals surface area contributed by atoms with Crippen LogP contribution in [0.15, 0.2) is 18.2 Å². The molecule has 0 aliphatic carbocycles. The fourth-order valence-corrected chi connectivity index (χ4v) is 4.68. The summed E-state index contributed by atoms with van der Waals surface area (Å²) in [5.74, 6) is 3.04. The molecule has 2 heterocycles. The van der Waals surface area contributed by atoms with Crippen LogP contribution in [-0.2, 0) is 0 Å². The summed E-state index contributed by atoms with van der Waals surface area (Å²) in [5.41, 5.74) is 1.30. The standard InChI is InChI=1S/C16H23NO2S/c1-16(7-3-10-20-16)15(17-2)12-5-6-13-14(11-12)19-9-4-8-18-13/h5-6,11,15,17H,3-4,7-10H2,1-2H3. The topological polar surface area (TPSA) is 30.5 Å². The van der Waals surface area contributed by atoms with E-state index in [2.05, 4.69) is 49.2 Å². The fourth-order valence-electron chi connectivity index (χ4n) is 3.21. The van der Waals surface area contributed by atoms with Crippen molar-refractivity contribution in [1.82, 2.24) is 5.32 Å². The molecule has 110 valence electrons. The van der Waals surface area contributed by atoms with Gasteiger partial charge in [0.15, 0.2) is 11.5 Å². The van der Waals surface area contributed by atoms with E-state index < -0.39 is 0 Å². The van der Waals surface area contributed by atoms with E-state index in [1.807, 2.05) is 0 Å². The second kappa shape index (κ2) is 5.86. The Hall–Kier alpha value is -0.870. The van der Waals surface area contributed by atoms with Gasteiger partial charge in [-0.1, -0.05) is 6.07 Å². The van der Waals surface area contributed by atoms with E-state index in [1.165, 1.54) is 24.2 Å². The first-order valence-electron chi connectivity index (χ1n) is 7.44. The predicted molar refractivity (Wildman–Crippen MR) is 83.9 cm³/mol. The molecule has 1 aromatic rings. The highest BCUT2D eigenvalue weighted by atomic mass is 32.2. The lowest BCUT2D eigenvalue weighted by Gasteiger charge is -2.33. The second-order valence-electron chi connectivity index (χ2n) is 5.74. The highest BCUT2D eigenvalue weighted by Crippen LogP contribution is 2.47. The van der Waals surface area contributed by atoms with Gasteiger partial charge in [0.05, 0.1) is 13.2 Å². The lowest BCUT2D eigenvalue weighted by molar-refractivity contribution is 0.297. The Morgan fingerprint density at radius 1 is 1.20 bits per heavy atom. The van der Waals surface area contributed by atoms with Gasteiger partial charge in [0.1, 0.15) is 0 Å². The molecule has 0 spiro atoms. The minimum absolute atomic E-state index is 0.272. The summed E-state index contributed by atoms with van der Waals surface area (Å²) in [6.45, 7) is 3.86. The molecule has 0 radical (unpaired) electrons. The maximum Gasteiger partial charge on any atom is 0.161 e. The maximum absolute atomic E-state index is 5.82. The molecule has 2 unspecified atom stereocenters. The highest BCUT2D eigenvalue weighted by Gasteiger charge is 2.38. The molecule has 3 rings (SSSR count). The number of hydrogen-bond acceptors (Lipinski definition) is 4. The summed E-state index contributed by atoms with van der Waals surface area (Å²) in [7, 11) is 2.05. The predicted octanol–water partition coefficient (Wildman–Crippen LogP) is 3.39. The Labute approximate surface area is 125 Å². The van der Waals surface area contributed by atoms with E-state index in [0.717, 1.165) is 31.1 Å². The third kappa shape index (κ3) is 2.63. The van der Waals surface area contributed by atoms with Crippen LogP contribution in [0.1, 0.15) is 37.8 Å². The number of ether oxygens (including phenoxy) is 2. The molecular formula is C16H23NO2S. The number of thioether (sulfide) groups is 1. The lowest BCUT2D eigenvalue weighted by Crippen LogP contribution is -2.35. The smallest absolute Gasteiger partial charge is 0.161 e. The fraction of sp³-hybridized carbons (Fsp3) is 0.625. The molecule has 0 saturated carbocycles. The van der Waals surface area contributed by atoms with E-state index >= 15 is 0 Å². The summed E-state index contributed by atoms with van der Waals surface area (Å²) < 4.78 is 11.8. The van der Waals surface area contributed by atoms with Crippen LogP contribution >= 0.6 is 11.8 Å². The highest BCUT2D eigenvalue weighted by molar-refractivity contribution is 8.00. The number of fused-ring (bicyclic) bond motifs is 1. The molecule has 0 aromatic heterocycles. The van der Waals surface area contributed by atoms with Crippen LogP contribution < -0.4 is 14.8 Å². The second-order valence-corrected chi connectivity index (χ2v) is 7.37. The first-order valence-corrected chi connectivity index (χ1v) is 8.42. The summed E-state index contributed by atoms with van der Waals surface area (Å²) in [4.78, 5) is 0. The van der Waals surface area contributed by atoms with Crippen LogP contribution in [0.4, 0.5) is 0 Å². The SMILES string of the molecule is CNC(c1ccc2c(c1)OCCCO2)C1(C)CCCS1. The monoisotopic (exact) mass is 293 g/mol. The minimum atomic E-state index is 0.272. The molecule has 3 nitrogen and oxygen atoms in total. The third-order valence-electron chi connectivity index (χ3n) is 4.25. The number of hydrogen-bond donors (Lipinski definition) is 1. The zero-order chi connectivity index (χ0) is 14.0. The molecule has 1 fully saturated rings. The molecule has 2 aliphatic heterocycles. The van der Waals surface area contributed by atoms with Gasteiger partial charge in [-0.3, -0.25) is 0 Å². The first-order chi connectivity index (χ1) is 9.73. The number of benzene rings is 1. The van der Waals surface area contributed by atoms with Crippen molar-refractivity contribution >= 4 is 11.8 Å².